The van der Waals surface area contributed by atoms with Crippen LogP contribution >= 0.6 is 11.8 Å². The minimum Gasteiger partial charge on any atom is -0.291 e. The number of nitrogens with zero attached hydrogens (tertiary/aromatic N) is 3. The first-order valence-corrected chi connectivity index (χ1v) is 13.8. The Morgan fingerprint density at radius 1 is 0.938 bits per heavy atom. The molecule has 4 nitrogen and oxygen atoms in total. The molecule has 6 fully saturated rings. The predicted octanol–water partition coefficient (Wildman–Crippen LogP) is 5.15. The third-order valence-corrected chi connectivity index (χ3v) is 9.91. The number of hydrogen-bond donors (Lipinski definition) is 0. The summed E-state index contributed by atoms with van der Waals surface area (Å²) in [6, 6.07) is 8.57. The van der Waals surface area contributed by atoms with Crippen molar-refractivity contribution in [1.29, 1.82) is 0 Å². The molecular weight excluding hydrogens is 414 g/mol. The highest BCUT2D eigenvalue weighted by molar-refractivity contribution is 7.99. The molecule has 4 bridgehead atoms. The van der Waals surface area contributed by atoms with E-state index in [2.05, 4.69) is 49.9 Å². The molecule has 2 saturated heterocycles. The monoisotopic (exact) mass is 451 g/mol. The summed E-state index contributed by atoms with van der Waals surface area (Å²) in [5, 5.41) is 0. The van der Waals surface area contributed by atoms with E-state index in [1.165, 1.54) is 44.1 Å². The molecule has 1 aromatic carbocycles. The number of anilines is 1. The van der Waals surface area contributed by atoms with Gasteiger partial charge in [0.25, 0.3) is 0 Å². The van der Waals surface area contributed by atoms with Gasteiger partial charge in [-0.3, -0.25) is 19.6 Å². The van der Waals surface area contributed by atoms with E-state index in [1.54, 1.807) is 0 Å². The van der Waals surface area contributed by atoms with Gasteiger partial charge in [0.1, 0.15) is 5.84 Å². The molecule has 0 radical (unpaired) electrons. The molecule has 1 atom stereocenters. The van der Waals surface area contributed by atoms with Gasteiger partial charge in [-0.1, -0.05) is 17.7 Å². The zero-order chi connectivity index (χ0) is 22.1. The van der Waals surface area contributed by atoms with Gasteiger partial charge < -0.3 is 0 Å². The Kier molecular flexibility index (Phi) is 5.04. The van der Waals surface area contributed by atoms with E-state index in [9.17, 15) is 4.79 Å². The van der Waals surface area contributed by atoms with Gasteiger partial charge in [-0.2, -0.15) is 11.8 Å². The number of carbonyl (C=O) groups excluding carboxylic acids is 1. The van der Waals surface area contributed by atoms with Gasteiger partial charge in [0.2, 0.25) is 5.91 Å². The van der Waals surface area contributed by atoms with Crippen molar-refractivity contribution < 1.29 is 4.79 Å². The molecule has 2 heterocycles. The fraction of sp³-hybridized carbons (Fsp3) is 0.704. The number of rotatable bonds is 3. The van der Waals surface area contributed by atoms with Crippen molar-refractivity contribution in [2.45, 2.75) is 70.9 Å². The number of amidine groups is 1. The summed E-state index contributed by atoms with van der Waals surface area (Å²) in [5.41, 5.74) is 1.82. The molecule has 2 aliphatic heterocycles. The number of amides is 1. The molecule has 1 aromatic rings. The SMILES string of the molecule is Cc1ccc(N2C(=O)C(C)(C)[C@H](N3CCSCC3)C2=NC23CC4CC(CC(C4)C2)C3)cc1. The van der Waals surface area contributed by atoms with Crippen LogP contribution in [0.25, 0.3) is 0 Å². The third kappa shape index (κ3) is 3.37. The Labute approximate surface area is 197 Å². The minimum atomic E-state index is -0.464. The Morgan fingerprint density at radius 2 is 1.50 bits per heavy atom. The lowest BCUT2D eigenvalue weighted by atomic mass is 9.53. The lowest BCUT2D eigenvalue weighted by Gasteiger charge is -2.55. The third-order valence-electron chi connectivity index (χ3n) is 8.97. The average Bonchev–Trinajstić information content (AvgIpc) is 2.93. The van der Waals surface area contributed by atoms with Crippen molar-refractivity contribution in [3.05, 3.63) is 29.8 Å². The summed E-state index contributed by atoms with van der Waals surface area (Å²) < 4.78 is 0. The van der Waals surface area contributed by atoms with Crippen LogP contribution in [0.4, 0.5) is 5.69 Å². The largest absolute Gasteiger partial charge is 0.291 e. The fourth-order valence-corrected chi connectivity index (χ4v) is 8.84. The topological polar surface area (TPSA) is 35.9 Å². The van der Waals surface area contributed by atoms with Crippen LogP contribution in [0.15, 0.2) is 29.3 Å². The van der Waals surface area contributed by atoms with Crippen molar-refractivity contribution in [2.24, 2.45) is 28.2 Å². The Morgan fingerprint density at radius 3 is 2.06 bits per heavy atom. The van der Waals surface area contributed by atoms with Gasteiger partial charge >= 0.3 is 0 Å². The molecule has 4 aliphatic carbocycles. The van der Waals surface area contributed by atoms with Gasteiger partial charge in [0, 0.05) is 24.6 Å². The van der Waals surface area contributed by atoms with E-state index in [0.717, 1.165) is 53.9 Å². The maximum Gasteiger partial charge on any atom is 0.240 e. The molecule has 0 spiro atoms. The molecular formula is C27H37N3OS. The molecule has 0 unspecified atom stereocenters. The average molecular weight is 452 g/mol. The second-order valence-electron chi connectivity index (χ2n) is 11.9. The Hall–Kier alpha value is -1.33. The van der Waals surface area contributed by atoms with Crippen molar-refractivity contribution >= 4 is 29.2 Å². The maximum absolute atomic E-state index is 14.0. The highest BCUT2D eigenvalue weighted by Crippen LogP contribution is 2.58. The standard InChI is InChI=1S/C27H37N3OS/c1-18-4-6-22(7-5-18)30-24(23(26(2,3)25(30)31)29-8-10-32-11-9-29)28-27-15-19-12-20(16-27)14-21(13-19)17-27/h4-7,19-21,23H,8-17H2,1-3H3/t19?,20?,21?,23-,27?/m1/s1. The second-order valence-corrected chi connectivity index (χ2v) is 13.1. The van der Waals surface area contributed by atoms with Crippen LogP contribution in [0.5, 0.6) is 0 Å². The van der Waals surface area contributed by atoms with E-state index < -0.39 is 5.41 Å². The van der Waals surface area contributed by atoms with Crippen LogP contribution in [0.1, 0.15) is 57.9 Å². The van der Waals surface area contributed by atoms with Crippen LogP contribution < -0.4 is 4.90 Å². The molecule has 4 saturated carbocycles. The first kappa shape index (κ1) is 21.2. The van der Waals surface area contributed by atoms with Gasteiger partial charge in [-0.15, -0.1) is 0 Å². The van der Waals surface area contributed by atoms with Crippen molar-refractivity contribution in [3.63, 3.8) is 0 Å². The normalized spacial score (nSPS) is 39.9. The van der Waals surface area contributed by atoms with Crippen LogP contribution in [0.3, 0.4) is 0 Å². The van der Waals surface area contributed by atoms with E-state index in [0.29, 0.717) is 0 Å². The van der Waals surface area contributed by atoms with E-state index >= 15 is 0 Å². The number of thioether (sulfide) groups is 1. The predicted molar refractivity (Wildman–Crippen MR) is 133 cm³/mol. The molecule has 0 N–H and O–H groups in total. The second kappa shape index (κ2) is 7.59. The summed E-state index contributed by atoms with van der Waals surface area (Å²) in [6.45, 7) is 8.52. The van der Waals surface area contributed by atoms with Gasteiger partial charge in [-0.05, 0) is 89.2 Å². The molecule has 1 amide bonds. The molecule has 5 heteroatoms. The van der Waals surface area contributed by atoms with Gasteiger partial charge in [0.15, 0.2) is 0 Å². The molecule has 32 heavy (non-hydrogen) atoms. The smallest absolute Gasteiger partial charge is 0.240 e. The van der Waals surface area contributed by atoms with Crippen LogP contribution in [0.2, 0.25) is 0 Å². The summed E-state index contributed by atoms with van der Waals surface area (Å²) in [6.07, 6.45) is 7.97. The minimum absolute atomic E-state index is 0.0660. The molecule has 0 aromatic heterocycles. The zero-order valence-electron chi connectivity index (χ0n) is 19.8. The number of aliphatic imine (C=N–C) groups is 1. The van der Waals surface area contributed by atoms with Crippen LogP contribution in [0, 0.1) is 30.1 Å². The highest BCUT2D eigenvalue weighted by Gasteiger charge is 2.57. The fourth-order valence-electron chi connectivity index (χ4n) is 7.91. The first-order chi connectivity index (χ1) is 15.3. The maximum atomic E-state index is 14.0. The van der Waals surface area contributed by atoms with Crippen molar-refractivity contribution in [2.75, 3.05) is 29.5 Å². The van der Waals surface area contributed by atoms with E-state index in [-0.39, 0.29) is 17.5 Å². The molecule has 172 valence electrons. The lowest BCUT2D eigenvalue weighted by molar-refractivity contribution is -0.125. The van der Waals surface area contributed by atoms with E-state index in [1.807, 2.05) is 16.7 Å². The van der Waals surface area contributed by atoms with Gasteiger partial charge in [-0.25, -0.2) is 0 Å². The number of aryl methyl sites for hydroxylation is 1. The number of hydrogen-bond acceptors (Lipinski definition) is 4. The zero-order valence-corrected chi connectivity index (χ0v) is 20.7. The summed E-state index contributed by atoms with van der Waals surface area (Å²) >= 11 is 2.03. The Bertz CT molecular complexity index is 895. The van der Waals surface area contributed by atoms with E-state index in [4.69, 9.17) is 4.99 Å². The quantitative estimate of drug-likeness (QED) is 0.637. The number of carbonyl (C=O) groups is 1. The summed E-state index contributed by atoms with van der Waals surface area (Å²) in [7, 11) is 0. The molecule has 7 rings (SSSR count). The van der Waals surface area contributed by atoms with Gasteiger partial charge in [0.05, 0.1) is 22.7 Å². The summed E-state index contributed by atoms with van der Waals surface area (Å²) in [5.74, 6) is 6.13. The summed E-state index contributed by atoms with van der Waals surface area (Å²) in [4.78, 5) is 24.3. The first-order valence-electron chi connectivity index (χ1n) is 12.7. The van der Waals surface area contributed by atoms with Crippen molar-refractivity contribution in [3.8, 4) is 0 Å². The van der Waals surface area contributed by atoms with Crippen molar-refractivity contribution in [1.82, 2.24) is 4.90 Å². The van der Waals surface area contributed by atoms with Crippen LogP contribution in [-0.4, -0.2) is 52.8 Å². The van der Waals surface area contributed by atoms with Crippen LogP contribution in [-0.2, 0) is 4.79 Å². The number of benzene rings is 1. The lowest BCUT2D eigenvalue weighted by Crippen LogP contribution is -2.54. The molecule has 6 aliphatic rings. The Balaban J connectivity index is 1.47. The highest BCUT2D eigenvalue weighted by atomic mass is 32.2.